The van der Waals surface area contributed by atoms with E-state index >= 15 is 0 Å². The molecule has 0 aliphatic rings. The fraction of sp³-hybridized carbons (Fsp3) is 0.667. The molecule has 0 aromatic carbocycles. The van der Waals surface area contributed by atoms with E-state index in [1.165, 1.54) is 16.4 Å². The van der Waals surface area contributed by atoms with Gasteiger partial charge < -0.3 is 5.73 Å². The van der Waals surface area contributed by atoms with Gasteiger partial charge in [-0.15, -0.1) is 11.3 Å². The van der Waals surface area contributed by atoms with Crippen LogP contribution in [0.1, 0.15) is 18.2 Å². The van der Waals surface area contributed by atoms with Gasteiger partial charge in [0.1, 0.15) is 0 Å². The second-order valence-corrected chi connectivity index (χ2v) is 7.19. The molecule has 1 aromatic heterocycles. The van der Waals surface area contributed by atoms with Crippen molar-refractivity contribution in [3.8, 4) is 0 Å². The molecule has 1 aromatic rings. The van der Waals surface area contributed by atoms with Gasteiger partial charge in [-0.2, -0.15) is 11.8 Å². The molecule has 1 unspecified atom stereocenters. The summed E-state index contributed by atoms with van der Waals surface area (Å²) in [6, 6.07) is 4.52. The number of thioether (sulfide) groups is 1. The fourth-order valence-corrected chi connectivity index (χ4v) is 3.57. The standard InChI is InChI=1S/C12H21ClN2S2/c1-3-16-7-6-10(8-14)15(2)9-11-4-5-12(13)17-11/h4-5,10H,3,6-9,14H2,1-2H3. The minimum absolute atomic E-state index is 0.468. The summed E-state index contributed by atoms with van der Waals surface area (Å²) in [4.78, 5) is 3.64. The van der Waals surface area contributed by atoms with Crippen molar-refractivity contribution in [2.45, 2.75) is 25.9 Å². The molecule has 0 radical (unpaired) electrons. The molecule has 0 fully saturated rings. The van der Waals surface area contributed by atoms with Gasteiger partial charge in [-0.25, -0.2) is 0 Å². The molecular weight excluding hydrogens is 272 g/mol. The summed E-state index contributed by atoms with van der Waals surface area (Å²) in [5.74, 6) is 2.37. The van der Waals surface area contributed by atoms with E-state index in [0.29, 0.717) is 6.04 Å². The topological polar surface area (TPSA) is 29.3 Å². The zero-order valence-corrected chi connectivity index (χ0v) is 12.9. The van der Waals surface area contributed by atoms with Crippen molar-refractivity contribution in [2.24, 2.45) is 5.73 Å². The lowest BCUT2D eigenvalue weighted by Gasteiger charge is -2.26. The van der Waals surface area contributed by atoms with Crippen molar-refractivity contribution in [3.05, 3.63) is 21.3 Å². The van der Waals surface area contributed by atoms with E-state index in [1.54, 1.807) is 11.3 Å². The van der Waals surface area contributed by atoms with Gasteiger partial charge in [0.25, 0.3) is 0 Å². The Labute approximate surface area is 118 Å². The Bertz CT molecular complexity index is 317. The maximum absolute atomic E-state index is 5.93. The zero-order chi connectivity index (χ0) is 12.7. The Morgan fingerprint density at radius 3 is 2.82 bits per heavy atom. The maximum Gasteiger partial charge on any atom is 0.0931 e. The second-order valence-electron chi connectivity index (χ2n) is 4.00. The van der Waals surface area contributed by atoms with Crippen LogP contribution in [0.5, 0.6) is 0 Å². The highest BCUT2D eigenvalue weighted by atomic mass is 35.5. The summed E-state index contributed by atoms with van der Waals surface area (Å²) >= 11 is 9.56. The predicted molar refractivity (Wildman–Crippen MR) is 81.3 cm³/mol. The third-order valence-corrected chi connectivity index (χ3v) is 4.88. The SMILES string of the molecule is CCSCCC(CN)N(C)Cc1ccc(Cl)s1. The van der Waals surface area contributed by atoms with Gasteiger partial charge in [0, 0.05) is 24.0 Å². The van der Waals surface area contributed by atoms with E-state index in [0.717, 1.165) is 23.8 Å². The largest absolute Gasteiger partial charge is 0.329 e. The lowest BCUT2D eigenvalue weighted by Crippen LogP contribution is -2.37. The van der Waals surface area contributed by atoms with Gasteiger partial charge >= 0.3 is 0 Å². The van der Waals surface area contributed by atoms with Gasteiger partial charge in [0.05, 0.1) is 4.34 Å². The van der Waals surface area contributed by atoms with Crippen LogP contribution in [-0.2, 0) is 6.54 Å². The van der Waals surface area contributed by atoms with Crippen molar-refractivity contribution >= 4 is 34.7 Å². The highest BCUT2D eigenvalue weighted by Crippen LogP contribution is 2.23. The highest BCUT2D eigenvalue weighted by molar-refractivity contribution is 7.99. The van der Waals surface area contributed by atoms with Crippen molar-refractivity contribution in [1.29, 1.82) is 0 Å². The number of halogens is 1. The molecule has 2 N–H and O–H groups in total. The number of rotatable bonds is 8. The molecule has 0 spiro atoms. The minimum Gasteiger partial charge on any atom is -0.329 e. The average Bonchev–Trinajstić information content (AvgIpc) is 2.70. The van der Waals surface area contributed by atoms with E-state index < -0.39 is 0 Å². The van der Waals surface area contributed by atoms with E-state index in [2.05, 4.69) is 24.9 Å². The Morgan fingerprint density at radius 1 is 1.53 bits per heavy atom. The van der Waals surface area contributed by atoms with Crippen molar-refractivity contribution in [3.63, 3.8) is 0 Å². The average molecular weight is 293 g/mol. The predicted octanol–water partition coefficient (Wildman–Crippen LogP) is 3.30. The maximum atomic E-state index is 5.93. The summed E-state index contributed by atoms with van der Waals surface area (Å²) in [5.41, 5.74) is 5.84. The van der Waals surface area contributed by atoms with E-state index in [9.17, 15) is 0 Å². The van der Waals surface area contributed by atoms with E-state index in [4.69, 9.17) is 17.3 Å². The van der Waals surface area contributed by atoms with Crippen LogP contribution in [0.3, 0.4) is 0 Å². The normalized spacial score (nSPS) is 13.2. The van der Waals surface area contributed by atoms with Crippen LogP contribution in [0.2, 0.25) is 4.34 Å². The van der Waals surface area contributed by atoms with Crippen molar-refractivity contribution in [1.82, 2.24) is 4.90 Å². The van der Waals surface area contributed by atoms with Crippen LogP contribution in [-0.4, -0.2) is 36.0 Å². The van der Waals surface area contributed by atoms with Crippen LogP contribution in [0, 0.1) is 0 Å². The molecule has 0 aliphatic heterocycles. The van der Waals surface area contributed by atoms with Crippen molar-refractivity contribution in [2.75, 3.05) is 25.1 Å². The fourth-order valence-electron chi connectivity index (χ4n) is 1.69. The molecule has 5 heteroatoms. The quantitative estimate of drug-likeness (QED) is 0.746. The van der Waals surface area contributed by atoms with E-state index in [1.807, 2.05) is 17.8 Å². The molecular formula is C12H21ClN2S2. The molecule has 2 nitrogen and oxygen atoms in total. The Morgan fingerprint density at radius 2 is 2.29 bits per heavy atom. The molecule has 0 amide bonds. The molecule has 0 saturated heterocycles. The van der Waals surface area contributed by atoms with Crippen LogP contribution in [0.25, 0.3) is 0 Å². The van der Waals surface area contributed by atoms with Gasteiger partial charge in [0.15, 0.2) is 0 Å². The van der Waals surface area contributed by atoms with Crippen LogP contribution in [0.4, 0.5) is 0 Å². The summed E-state index contributed by atoms with van der Waals surface area (Å²) in [6.07, 6.45) is 1.16. The first-order valence-electron chi connectivity index (χ1n) is 5.89. The van der Waals surface area contributed by atoms with E-state index in [-0.39, 0.29) is 0 Å². The number of hydrogen-bond acceptors (Lipinski definition) is 4. The van der Waals surface area contributed by atoms with Gasteiger partial charge in [-0.3, -0.25) is 4.90 Å². The molecule has 1 rings (SSSR count). The van der Waals surface area contributed by atoms with Gasteiger partial charge in [0.2, 0.25) is 0 Å². The molecule has 0 aliphatic carbocycles. The molecule has 0 bridgehead atoms. The van der Waals surface area contributed by atoms with Crippen LogP contribution >= 0.6 is 34.7 Å². The Kier molecular flexibility index (Phi) is 7.55. The zero-order valence-electron chi connectivity index (χ0n) is 10.5. The lowest BCUT2D eigenvalue weighted by molar-refractivity contribution is 0.236. The lowest BCUT2D eigenvalue weighted by atomic mass is 10.2. The molecule has 17 heavy (non-hydrogen) atoms. The second kappa shape index (κ2) is 8.38. The summed E-state index contributed by atoms with van der Waals surface area (Å²) in [7, 11) is 2.14. The first-order chi connectivity index (χ1) is 8.17. The summed E-state index contributed by atoms with van der Waals surface area (Å²) < 4.78 is 0.860. The Balaban J connectivity index is 2.40. The van der Waals surface area contributed by atoms with Crippen LogP contribution in [0.15, 0.2) is 12.1 Å². The van der Waals surface area contributed by atoms with Crippen molar-refractivity contribution < 1.29 is 0 Å². The number of nitrogens with zero attached hydrogens (tertiary/aromatic N) is 1. The number of nitrogens with two attached hydrogens (primary N) is 1. The monoisotopic (exact) mass is 292 g/mol. The third-order valence-electron chi connectivity index (χ3n) is 2.73. The smallest absolute Gasteiger partial charge is 0.0931 e. The summed E-state index contributed by atoms with van der Waals surface area (Å²) in [6.45, 7) is 3.86. The number of likely N-dealkylation sites (N-methyl/N-ethyl adjacent to an activating group) is 1. The minimum atomic E-state index is 0.468. The molecule has 98 valence electrons. The number of hydrogen-bond donors (Lipinski definition) is 1. The molecule has 0 saturated carbocycles. The summed E-state index contributed by atoms with van der Waals surface area (Å²) in [5, 5.41) is 0. The van der Waals surface area contributed by atoms with Gasteiger partial charge in [-0.1, -0.05) is 18.5 Å². The Hall–Kier alpha value is 0.260. The first-order valence-corrected chi connectivity index (χ1v) is 8.24. The van der Waals surface area contributed by atoms with Crippen LogP contribution < -0.4 is 5.73 Å². The van der Waals surface area contributed by atoms with Gasteiger partial charge in [-0.05, 0) is 37.1 Å². The molecule has 1 atom stereocenters. The first kappa shape index (κ1) is 15.3. The third kappa shape index (κ3) is 5.62. The highest BCUT2D eigenvalue weighted by Gasteiger charge is 2.13. The number of thiophene rings is 1. The molecule has 1 heterocycles.